The van der Waals surface area contributed by atoms with Crippen LogP contribution in [0.2, 0.25) is 5.02 Å². The number of carbonyl (C=O) groups excluding carboxylic acids is 1. The summed E-state index contributed by atoms with van der Waals surface area (Å²) in [5, 5.41) is 0.475. The van der Waals surface area contributed by atoms with Crippen LogP contribution in [0.15, 0.2) is 18.2 Å². The fourth-order valence-electron chi connectivity index (χ4n) is 1.16. The van der Waals surface area contributed by atoms with E-state index in [0.29, 0.717) is 16.3 Å². The number of esters is 1. The lowest BCUT2D eigenvalue weighted by Gasteiger charge is -2.22. The molecule has 0 spiro atoms. The highest BCUT2D eigenvalue weighted by atomic mass is 35.5. The minimum Gasteiger partial charge on any atom is -0.487 e. The van der Waals surface area contributed by atoms with Gasteiger partial charge in [0.2, 0.25) is 0 Å². The zero-order valence-corrected chi connectivity index (χ0v) is 10.6. The molecule has 16 heavy (non-hydrogen) atoms. The molecule has 0 atom stereocenters. The van der Waals surface area contributed by atoms with Crippen molar-refractivity contribution in [1.29, 1.82) is 0 Å². The Bertz CT molecular complexity index is 394. The Morgan fingerprint density at radius 2 is 1.94 bits per heavy atom. The van der Waals surface area contributed by atoms with E-state index in [1.54, 1.807) is 18.2 Å². The molecule has 1 aromatic carbocycles. The molecule has 88 valence electrons. The van der Waals surface area contributed by atoms with Gasteiger partial charge in [0.25, 0.3) is 0 Å². The van der Waals surface area contributed by atoms with E-state index in [1.165, 1.54) is 7.11 Å². The summed E-state index contributed by atoms with van der Waals surface area (Å²) in [6.07, 6.45) is 0. The molecule has 1 rings (SSSR count). The van der Waals surface area contributed by atoms with Crippen molar-refractivity contribution in [2.45, 2.75) is 26.4 Å². The third kappa shape index (κ3) is 3.42. The van der Waals surface area contributed by atoms with E-state index in [0.717, 1.165) is 0 Å². The van der Waals surface area contributed by atoms with Crippen molar-refractivity contribution in [3.63, 3.8) is 0 Å². The molecular weight excluding hydrogens is 228 g/mol. The largest absolute Gasteiger partial charge is 0.487 e. The first kappa shape index (κ1) is 12.8. The number of benzene rings is 1. The van der Waals surface area contributed by atoms with Crippen LogP contribution in [0.5, 0.6) is 5.75 Å². The lowest BCUT2D eigenvalue weighted by molar-refractivity contribution is 0.0598. The van der Waals surface area contributed by atoms with E-state index >= 15 is 0 Å². The molecule has 0 saturated heterocycles. The fourth-order valence-corrected chi connectivity index (χ4v) is 1.31. The van der Waals surface area contributed by atoms with Crippen LogP contribution in [0.4, 0.5) is 0 Å². The molecular formula is C12H15ClO3. The summed E-state index contributed by atoms with van der Waals surface area (Å²) >= 11 is 5.97. The average Bonchev–Trinajstić information content (AvgIpc) is 2.18. The molecule has 0 unspecified atom stereocenters. The van der Waals surface area contributed by atoms with Crippen molar-refractivity contribution in [2.75, 3.05) is 7.11 Å². The van der Waals surface area contributed by atoms with Crippen molar-refractivity contribution in [3.05, 3.63) is 28.8 Å². The topological polar surface area (TPSA) is 35.5 Å². The molecule has 0 aliphatic heterocycles. The SMILES string of the molecule is COC(=O)c1ccc(Cl)c(OC(C)(C)C)c1. The molecule has 0 radical (unpaired) electrons. The number of ether oxygens (including phenoxy) is 2. The molecule has 0 amide bonds. The van der Waals surface area contributed by atoms with Gasteiger partial charge in [0.15, 0.2) is 0 Å². The van der Waals surface area contributed by atoms with Gasteiger partial charge in [-0.05, 0) is 39.0 Å². The monoisotopic (exact) mass is 242 g/mol. The maximum Gasteiger partial charge on any atom is 0.337 e. The van der Waals surface area contributed by atoms with Gasteiger partial charge in [-0.25, -0.2) is 4.79 Å². The van der Waals surface area contributed by atoms with Crippen LogP contribution in [0, 0.1) is 0 Å². The van der Waals surface area contributed by atoms with Crippen molar-refractivity contribution in [1.82, 2.24) is 0 Å². The maximum atomic E-state index is 11.3. The van der Waals surface area contributed by atoms with E-state index in [9.17, 15) is 4.79 Å². The Labute approximate surface area is 100 Å². The van der Waals surface area contributed by atoms with Gasteiger partial charge >= 0.3 is 5.97 Å². The molecule has 0 bridgehead atoms. The second-order valence-corrected chi connectivity index (χ2v) is 4.76. The Balaban J connectivity index is 3.04. The van der Waals surface area contributed by atoms with Crippen molar-refractivity contribution in [3.8, 4) is 5.75 Å². The van der Waals surface area contributed by atoms with Gasteiger partial charge in [-0.2, -0.15) is 0 Å². The zero-order chi connectivity index (χ0) is 12.3. The molecule has 0 aromatic heterocycles. The summed E-state index contributed by atoms with van der Waals surface area (Å²) in [6.45, 7) is 5.73. The minimum absolute atomic E-state index is 0.363. The molecule has 0 saturated carbocycles. The normalized spacial score (nSPS) is 11.1. The molecule has 1 aromatic rings. The number of rotatable bonds is 2. The smallest absolute Gasteiger partial charge is 0.337 e. The summed E-state index contributed by atoms with van der Waals surface area (Å²) in [5.41, 5.74) is 0.0596. The fraction of sp³-hybridized carbons (Fsp3) is 0.417. The minimum atomic E-state index is -0.407. The first-order chi connectivity index (χ1) is 7.33. The Morgan fingerprint density at radius 3 is 2.44 bits per heavy atom. The summed E-state index contributed by atoms with van der Waals surface area (Å²) in [7, 11) is 1.33. The third-order valence-electron chi connectivity index (χ3n) is 1.77. The first-order valence-corrected chi connectivity index (χ1v) is 5.28. The lowest BCUT2D eigenvalue weighted by atomic mass is 10.1. The van der Waals surface area contributed by atoms with E-state index < -0.39 is 5.97 Å². The van der Waals surface area contributed by atoms with Gasteiger partial charge in [0.1, 0.15) is 11.4 Å². The number of carbonyl (C=O) groups is 1. The van der Waals surface area contributed by atoms with Gasteiger partial charge in [0, 0.05) is 0 Å². The standard InChI is InChI=1S/C12H15ClO3/c1-12(2,3)16-10-7-8(11(14)15-4)5-6-9(10)13/h5-7H,1-4H3. The van der Waals surface area contributed by atoms with Crippen molar-refractivity contribution < 1.29 is 14.3 Å². The Hall–Kier alpha value is -1.22. The van der Waals surface area contributed by atoms with Crippen LogP contribution in [-0.2, 0) is 4.74 Å². The van der Waals surface area contributed by atoms with E-state index in [4.69, 9.17) is 16.3 Å². The summed E-state index contributed by atoms with van der Waals surface area (Å²) < 4.78 is 10.3. The van der Waals surface area contributed by atoms with Crippen molar-refractivity contribution >= 4 is 17.6 Å². The number of hydrogen-bond acceptors (Lipinski definition) is 3. The Morgan fingerprint density at radius 1 is 1.31 bits per heavy atom. The van der Waals surface area contributed by atoms with Crippen LogP contribution in [-0.4, -0.2) is 18.7 Å². The predicted octanol–water partition coefficient (Wildman–Crippen LogP) is 3.30. The predicted molar refractivity (Wildman–Crippen MR) is 63.2 cm³/mol. The molecule has 0 aliphatic carbocycles. The molecule has 0 heterocycles. The molecule has 0 aliphatic rings. The second-order valence-electron chi connectivity index (χ2n) is 4.35. The number of methoxy groups -OCH3 is 1. The maximum absolute atomic E-state index is 11.3. The molecule has 4 heteroatoms. The number of hydrogen-bond donors (Lipinski definition) is 0. The van der Waals surface area contributed by atoms with Crippen LogP contribution < -0.4 is 4.74 Å². The van der Waals surface area contributed by atoms with Crippen LogP contribution >= 0.6 is 11.6 Å². The van der Waals surface area contributed by atoms with Gasteiger partial charge in [-0.3, -0.25) is 0 Å². The quantitative estimate of drug-likeness (QED) is 0.747. The lowest BCUT2D eigenvalue weighted by Crippen LogP contribution is -2.23. The van der Waals surface area contributed by atoms with Gasteiger partial charge in [-0.15, -0.1) is 0 Å². The van der Waals surface area contributed by atoms with E-state index in [2.05, 4.69) is 4.74 Å². The zero-order valence-electron chi connectivity index (χ0n) is 9.83. The highest BCUT2D eigenvalue weighted by Gasteiger charge is 2.16. The molecule has 3 nitrogen and oxygen atoms in total. The second kappa shape index (κ2) is 4.74. The van der Waals surface area contributed by atoms with Gasteiger partial charge < -0.3 is 9.47 Å². The Kier molecular flexibility index (Phi) is 3.81. The van der Waals surface area contributed by atoms with Gasteiger partial charge in [-0.1, -0.05) is 11.6 Å². The van der Waals surface area contributed by atoms with Gasteiger partial charge in [0.05, 0.1) is 17.7 Å². The first-order valence-electron chi connectivity index (χ1n) is 4.90. The summed E-state index contributed by atoms with van der Waals surface area (Å²) in [5.74, 6) is 0.0764. The number of halogens is 1. The van der Waals surface area contributed by atoms with Crippen molar-refractivity contribution in [2.24, 2.45) is 0 Å². The molecule has 0 fully saturated rings. The van der Waals surface area contributed by atoms with Crippen LogP contribution in [0.25, 0.3) is 0 Å². The van der Waals surface area contributed by atoms with Crippen LogP contribution in [0.1, 0.15) is 31.1 Å². The van der Waals surface area contributed by atoms with Crippen LogP contribution in [0.3, 0.4) is 0 Å². The van der Waals surface area contributed by atoms with E-state index in [1.807, 2.05) is 20.8 Å². The molecule has 0 N–H and O–H groups in total. The highest BCUT2D eigenvalue weighted by Crippen LogP contribution is 2.29. The van der Waals surface area contributed by atoms with E-state index in [-0.39, 0.29) is 5.60 Å². The summed E-state index contributed by atoms with van der Waals surface area (Å²) in [6, 6.07) is 4.80. The third-order valence-corrected chi connectivity index (χ3v) is 2.08. The summed E-state index contributed by atoms with van der Waals surface area (Å²) in [4.78, 5) is 11.3. The highest BCUT2D eigenvalue weighted by molar-refractivity contribution is 6.32. The average molecular weight is 243 g/mol.